The van der Waals surface area contributed by atoms with E-state index < -0.39 is 19.4 Å². The second kappa shape index (κ2) is 10.3. The third-order valence-electron chi connectivity index (χ3n) is 8.99. The molecular weight excluding hydrogens is 456 g/mol. The summed E-state index contributed by atoms with van der Waals surface area (Å²) in [5.41, 5.74) is -0.643. The molecule has 0 unspecified atom stereocenters. The summed E-state index contributed by atoms with van der Waals surface area (Å²) in [6.07, 6.45) is 2.44. The van der Waals surface area contributed by atoms with Crippen LogP contribution in [0.3, 0.4) is 0 Å². The van der Waals surface area contributed by atoms with Crippen molar-refractivity contribution in [3.8, 4) is 11.8 Å². The van der Waals surface area contributed by atoms with Gasteiger partial charge in [-0.05, 0) is 73.6 Å². The molecule has 3 fully saturated rings. The van der Waals surface area contributed by atoms with Gasteiger partial charge in [-0.2, -0.15) is 0 Å². The molecule has 0 radical (unpaired) electrons. The van der Waals surface area contributed by atoms with E-state index in [0.29, 0.717) is 29.1 Å². The van der Waals surface area contributed by atoms with Crippen molar-refractivity contribution in [3.05, 3.63) is 35.9 Å². The molecule has 3 aliphatic carbocycles. The highest BCUT2D eigenvalue weighted by Gasteiger charge is 2.59. The smallest absolute Gasteiger partial charge is 0.191 e. The molecule has 1 aromatic rings. The summed E-state index contributed by atoms with van der Waals surface area (Å²) in [6, 6.07) is 9.79. The van der Waals surface area contributed by atoms with Crippen LogP contribution >= 0.6 is 11.8 Å². The maximum Gasteiger partial charge on any atom is 0.191 e. The number of thioether (sulfide) groups is 1. The van der Waals surface area contributed by atoms with Gasteiger partial charge >= 0.3 is 0 Å². The zero-order valence-electron chi connectivity index (χ0n) is 22.8. The predicted molar refractivity (Wildman–Crippen MR) is 147 cm³/mol. The Bertz CT molecular complexity index is 882. The van der Waals surface area contributed by atoms with Gasteiger partial charge in [-0.3, -0.25) is 0 Å². The molecule has 3 aliphatic rings. The number of hydrogen-bond acceptors (Lipinski definition) is 4. The largest absolute Gasteiger partial charge is 0.416 e. The summed E-state index contributed by atoms with van der Waals surface area (Å²) in [6.45, 7) is 21.6. The van der Waals surface area contributed by atoms with Crippen molar-refractivity contribution in [1.29, 1.82) is 0 Å². The lowest BCUT2D eigenvalue weighted by molar-refractivity contribution is -0.112. The molecule has 0 aliphatic heterocycles. The fourth-order valence-electron chi connectivity index (χ4n) is 5.52. The first kappa shape index (κ1) is 27.8. The first-order valence-electron chi connectivity index (χ1n) is 12.9. The van der Waals surface area contributed by atoms with Crippen molar-refractivity contribution in [2.45, 2.75) is 95.7 Å². The first-order chi connectivity index (χ1) is 15.8. The van der Waals surface area contributed by atoms with E-state index in [0.717, 1.165) is 24.5 Å². The highest BCUT2D eigenvalue weighted by atomic mass is 32.2. The third kappa shape index (κ3) is 5.32. The van der Waals surface area contributed by atoms with Gasteiger partial charge in [0, 0.05) is 18.5 Å². The van der Waals surface area contributed by atoms with Crippen LogP contribution in [0.15, 0.2) is 30.3 Å². The molecule has 0 saturated heterocycles. The SMILES string of the molecule is CC#C[C@@](O)(c1ccccc1)[C@@H](OCC)S[C@H]1C[C@H]2C[C@@H]([C@@H]1CO[Si](C)(C)C(C)(C)C)C2(C)C. The molecule has 1 N–H and O–H groups in total. The van der Waals surface area contributed by atoms with Crippen molar-refractivity contribution in [3.63, 3.8) is 0 Å². The average molecular weight is 503 g/mol. The highest BCUT2D eigenvalue weighted by molar-refractivity contribution is 8.00. The Morgan fingerprint density at radius 3 is 2.35 bits per heavy atom. The molecule has 3 saturated carbocycles. The number of rotatable bonds is 9. The molecule has 4 rings (SSSR count). The zero-order valence-corrected chi connectivity index (χ0v) is 24.6. The summed E-state index contributed by atoms with van der Waals surface area (Å²) >= 11 is 1.79. The number of ether oxygens (including phenoxy) is 1. The van der Waals surface area contributed by atoms with Gasteiger partial charge in [0.25, 0.3) is 0 Å². The van der Waals surface area contributed by atoms with Crippen molar-refractivity contribution >= 4 is 20.1 Å². The van der Waals surface area contributed by atoms with Gasteiger partial charge in [0.05, 0.1) is 0 Å². The van der Waals surface area contributed by atoms with E-state index in [2.05, 4.69) is 59.6 Å². The van der Waals surface area contributed by atoms with Crippen LogP contribution in [0.4, 0.5) is 0 Å². The lowest BCUT2D eigenvalue weighted by Gasteiger charge is -2.63. The van der Waals surface area contributed by atoms with E-state index in [1.165, 1.54) is 6.42 Å². The molecule has 0 spiro atoms. The van der Waals surface area contributed by atoms with Crippen LogP contribution in [0, 0.1) is 35.0 Å². The van der Waals surface area contributed by atoms with E-state index >= 15 is 0 Å². The van der Waals surface area contributed by atoms with Crippen LogP contribution in [-0.2, 0) is 14.8 Å². The molecule has 34 heavy (non-hydrogen) atoms. The number of fused-ring (bicyclic) bond motifs is 2. The van der Waals surface area contributed by atoms with Gasteiger partial charge in [-0.15, -0.1) is 17.7 Å². The van der Waals surface area contributed by atoms with Gasteiger partial charge in [0.2, 0.25) is 0 Å². The van der Waals surface area contributed by atoms with Crippen LogP contribution < -0.4 is 0 Å². The maximum atomic E-state index is 11.9. The molecule has 3 nitrogen and oxygen atoms in total. The summed E-state index contributed by atoms with van der Waals surface area (Å²) < 4.78 is 13.1. The average Bonchev–Trinajstić information content (AvgIpc) is 2.77. The van der Waals surface area contributed by atoms with Gasteiger partial charge in [-0.25, -0.2) is 0 Å². The van der Waals surface area contributed by atoms with Crippen molar-refractivity contribution < 1.29 is 14.3 Å². The molecular formula is C29H46O3SSi. The molecule has 0 amide bonds. The quantitative estimate of drug-likeness (QED) is 0.223. The van der Waals surface area contributed by atoms with E-state index in [9.17, 15) is 5.11 Å². The summed E-state index contributed by atoms with van der Waals surface area (Å²) in [5, 5.41) is 12.5. The number of benzene rings is 1. The van der Waals surface area contributed by atoms with Gasteiger partial charge in [-0.1, -0.05) is 70.9 Å². The predicted octanol–water partition coefficient (Wildman–Crippen LogP) is 7.07. The Kier molecular flexibility index (Phi) is 8.43. The Hall–Kier alpha value is -0.773. The summed E-state index contributed by atoms with van der Waals surface area (Å²) in [5.74, 6) is 7.92. The maximum absolute atomic E-state index is 11.9. The van der Waals surface area contributed by atoms with Crippen molar-refractivity contribution in [2.75, 3.05) is 13.2 Å². The Morgan fingerprint density at radius 1 is 1.18 bits per heavy atom. The Balaban J connectivity index is 1.89. The van der Waals surface area contributed by atoms with Gasteiger partial charge in [0.1, 0.15) is 5.44 Å². The minimum atomic E-state index is -1.85. The minimum absolute atomic E-state index is 0.195. The van der Waals surface area contributed by atoms with Gasteiger partial charge < -0.3 is 14.3 Å². The normalized spacial score (nSPS) is 28.8. The fraction of sp³-hybridized carbons (Fsp3) is 0.724. The standard InChI is InChI=1S/C29H46O3SSi/c1-10-17-29(30,21-15-13-12-14-16-21)26(31-11-2)33-25-19-22-18-24(28(22,6)7)23(25)20-32-34(8,9)27(3,4)5/h12-16,22-26,30H,11,18-20H2,1-9H3/t22-,23+,24+,25+,26+,29-/m1/s1. The van der Waals surface area contributed by atoms with Crippen LogP contribution in [0.5, 0.6) is 0 Å². The lowest BCUT2D eigenvalue weighted by atomic mass is 9.45. The number of hydrogen-bond donors (Lipinski definition) is 1. The first-order valence-corrected chi connectivity index (χ1v) is 16.8. The molecule has 5 heteroatoms. The second-order valence-electron chi connectivity index (χ2n) is 12.3. The van der Waals surface area contributed by atoms with Crippen LogP contribution in [-0.4, -0.2) is 37.3 Å². The molecule has 1 aromatic carbocycles. The zero-order chi connectivity index (χ0) is 25.4. The van der Waals surface area contributed by atoms with Crippen LogP contribution in [0.2, 0.25) is 18.1 Å². The Morgan fingerprint density at radius 2 is 1.82 bits per heavy atom. The van der Waals surface area contributed by atoms with Crippen molar-refractivity contribution in [1.82, 2.24) is 0 Å². The van der Waals surface area contributed by atoms with E-state index in [4.69, 9.17) is 9.16 Å². The highest BCUT2D eigenvalue weighted by Crippen LogP contribution is 2.64. The Labute approximate surface area is 213 Å². The third-order valence-corrected chi connectivity index (χ3v) is 15.1. The molecule has 0 aromatic heterocycles. The topological polar surface area (TPSA) is 38.7 Å². The minimum Gasteiger partial charge on any atom is -0.416 e. The lowest BCUT2D eigenvalue weighted by Crippen LogP contribution is -2.59. The molecule has 0 heterocycles. The van der Waals surface area contributed by atoms with E-state index in [1.54, 1.807) is 18.7 Å². The summed E-state index contributed by atoms with van der Waals surface area (Å²) in [7, 11) is -1.85. The molecule has 190 valence electrons. The number of aliphatic hydroxyl groups is 1. The van der Waals surface area contributed by atoms with Crippen LogP contribution in [0.25, 0.3) is 0 Å². The fourth-order valence-corrected chi connectivity index (χ4v) is 8.30. The van der Waals surface area contributed by atoms with E-state index in [-0.39, 0.29) is 5.04 Å². The monoisotopic (exact) mass is 502 g/mol. The second-order valence-corrected chi connectivity index (χ2v) is 18.4. The summed E-state index contributed by atoms with van der Waals surface area (Å²) in [4.78, 5) is 0. The van der Waals surface area contributed by atoms with Crippen molar-refractivity contribution in [2.24, 2.45) is 23.2 Å². The van der Waals surface area contributed by atoms with Crippen LogP contribution in [0.1, 0.15) is 66.9 Å². The van der Waals surface area contributed by atoms with Gasteiger partial charge in [0.15, 0.2) is 13.9 Å². The molecule has 6 atom stereocenters. The van der Waals surface area contributed by atoms with E-state index in [1.807, 2.05) is 37.3 Å². The molecule has 2 bridgehead atoms.